The normalized spacial score (nSPS) is 17.1. The third-order valence-electron chi connectivity index (χ3n) is 4.22. The number of hydrogen-bond acceptors (Lipinski definition) is 3. The molecule has 0 radical (unpaired) electrons. The van der Waals surface area contributed by atoms with Gasteiger partial charge >= 0.3 is 5.97 Å². The topological polar surface area (TPSA) is 46.6 Å². The lowest BCUT2D eigenvalue weighted by molar-refractivity contribution is -0.126. The second-order valence-electron chi connectivity index (χ2n) is 6.06. The SMILES string of the molecule is C[C@H](OC(=O)c1cc(Cl)ccc1F)C(=O)N1c2ccccc2C[C@@H]1C. The van der Waals surface area contributed by atoms with Crippen LogP contribution in [0.1, 0.15) is 29.8 Å². The predicted octanol–water partition coefficient (Wildman–Crippen LogP) is 4.00. The number of benzene rings is 2. The van der Waals surface area contributed by atoms with Crippen molar-refractivity contribution in [3.63, 3.8) is 0 Å². The van der Waals surface area contributed by atoms with Gasteiger partial charge in [-0.2, -0.15) is 0 Å². The molecule has 1 amide bonds. The first-order valence-corrected chi connectivity index (χ1v) is 8.33. The number of esters is 1. The molecule has 6 heteroatoms. The molecule has 2 aromatic rings. The molecular formula is C19H17ClFNO3. The summed E-state index contributed by atoms with van der Waals surface area (Å²) in [7, 11) is 0. The molecule has 0 unspecified atom stereocenters. The number of nitrogens with zero attached hydrogens (tertiary/aromatic N) is 1. The van der Waals surface area contributed by atoms with E-state index in [0.29, 0.717) is 0 Å². The van der Waals surface area contributed by atoms with Crippen molar-refractivity contribution in [3.8, 4) is 0 Å². The minimum absolute atomic E-state index is 0.0334. The number of fused-ring (bicyclic) bond motifs is 1. The van der Waals surface area contributed by atoms with Crippen LogP contribution in [0.4, 0.5) is 10.1 Å². The van der Waals surface area contributed by atoms with E-state index >= 15 is 0 Å². The summed E-state index contributed by atoms with van der Waals surface area (Å²) < 4.78 is 19.0. The Morgan fingerprint density at radius 1 is 1.28 bits per heavy atom. The van der Waals surface area contributed by atoms with Crippen LogP contribution in [0.2, 0.25) is 5.02 Å². The van der Waals surface area contributed by atoms with Gasteiger partial charge in [-0.3, -0.25) is 4.79 Å². The van der Waals surface area contributed by atoms with Crippen molar-refractivity contribution in [1.29, 1.82) is 0 Å². The average molecular weight is 362 g/mol. The van der Waals surface area contributed by atoms with E-state index in [4.69, 9.17) is 16.3 Å². The number of anilines is 1. The highest BCUT2D eigenvalue weighted by molar-refractivity contribution is 6.30. The number of rotatable bonds is 3. The Hall–Kier alpha value is -2.40. The molecule has 0 bridgehead atoms. The third-order valence-corrected chi connectivity index (χ3v) is 4.46. The summed E-state index contributed by atoms with van der Waals surface area (Å²) in [5.41, 5.74) is 1.60. The van der Waals surface area contributed by atoms with Gasteiger partial charge in [0.2, 0.25) is 0 Å². The van der Waals surface area contributed by atoms with Crippen molar-refractivity contribution in [2.75, 3.05) is 4.90 Å². The number of ether oxygens (including phenoxy) is 1. The molecule has 1 aliphatic heterocycles. The van der Waals surface area contributed by atoms with Crippen LogP contribution in [-0.4, -0.2) is 24.0 Å². The summed E-state index contributed by atoms with van der Waals surface area (Å²) in [6, 6.07) is 11.2. The largest absolute Gasteiger partial charge is 0.449 e. The van der Waals surface area contributed by atoms with Crippen LogP contribution >= 0.6 is 11.6 Å². The molecule has 1 heterocycles. The number of amides is 1. The molecule has 0 spiro atoms. The van der Waals surface area contributed by atoms with Crippen LogP contribution < -0.4 is 4.90 Å². The number of halogens is 2. The van der Waals surface area contributed by atoms with Gasteiger partial charge in [0, 0.05) is 16.8 Å². The van der Waals surface area contributed by atoms with Gasteiger partial charge in [-0.05, 0) is 50.1 Å². The molecule has 25 heavy (non-hydrogen) atoms. The van der Waals surface area contributed by atoms with Crippen LogP contribution in [0.25, 0.3) is 0 Å². The maximum Gasteiger partial charge on any atom is 0.341 e. The molecule has 0 saturated carbocycles. The zero-order valence-electron chi connectivity index (χ0n) is 13.8. The van der Waals surface area contributed by atoms with E-state index in [-0.39, 0.29) is 22.5 Å². The highest BCUT2D eigenvalue weighted by Gasteiger charge is 2.34. The van der Waals surface area contributed by atoms with Gasteiger partial charge < -0.3 is 9.64 Å². The highest BCUT2D eigenvalue weighted by atomic mass is 35.5. The summed E-state index contributed by atoms with van der Waals surface area (Å²) in [6.07, 6.45) is -0.301. The zero-order chi connectivity index (χ0) is 18.1. The van der Waals surface area contributed by atoms with E-state index in [1.165, 1.54) is 19.1 Å². The van der Waals surface area contributed by atoms with Gasteiger partial charge in [0.1, 0.15) is 5.82 Å². The van der Waals surface area contributed by atoms with Crippen molar-refractivity contribution in [2.45, 2.75) is 32.4 Å². The summed E-state index contributed by atoms with van der Waals surface area (Å²) in [5.74, 6) is -2.00. The molecule has 2 atom stereocenters. The lowest BCUT2D eigenvalue weighted by Gasteiger charge is -2.26. The molecule has 130 valence electrons. The second-order valence-corrected chi connectivity index (χ2v) is 6.50. The zero-order valence-corrected chi connectivity index (χ0v) is 14.6. The van der Waals surface area contributed by atoms with Crippen LogP contribution in [0, 0.1) is 5.82 Å². The summed E-state index contributed by atoms with van der Waals surface area (Å²) in [5, 5.41) is 0.217. The Morgan fingerprint density at radius 2 is 2.00 bits per heavy atom. The third kappa shape index (κ3) is 3.37. The lowest BCUT2D eigenvalue weighted by atomic mass is 10.1. The predicted molar refractivity (Wildman–Crippen MR) is 93.4 cm³/mol. The Balaban J connectivity index is 1.77. The Kier molecular flexibility index (Phi) is 4.77. The first-order valence-electron chi connectivity index (χ1n) is 7.95. The Morgan fingerprint density at radius 3 is 2.76 bits per heavy atom. The molecule has 0 aromatic heterocycles. The molecule has 2 aromatic carbocycles. The lowest BCUT2D eigenvalue weighted by Crippen LogP contribution is -2.43. The van der Waals surface area contributed by atoms with Crippen LogP contribution in [0.3, 0.4) is 0 Å². The van der Waals surface area contributed by atoms with E-state index in [1.54, 1.807) is 4.90 Å². The van der Waals surface area contributed by atoms with Gasteiger partial charge in [0.05, 0.1) is 5.56 Å². The summed E-state index contributed by atoms with van der Waals surface area (Å²) in [4.78, 5) is 26.6. The minimum Gasteiger partial charge on any atom is -0.449 e. The fourth-order valence-corrected chi connectivity index (χ4v) is 3.20. The van der Waals surface area contributed by atoms with Gasteiger partial charge in [-0.25, -0.2) is 9.18 Å². The molecule has 4 nitrogen and oxygen atoms in total. The van der Waals surface area contributed by atoms with Crippen LogP contribution in [-0.2, 0) is 16.0 Å². The van der Waals surface area contributed by atoms with Gasteiger partial charge in [-0.15, -0.1) is 0 Å². The maximum atomic E-state index is 13.8. The average Bonchev–Trinajstić information content (AvgIpc) is 2.91. The Labute approximate surface area is 150 Å². The second kappa shape index (κ2) is 6.84. The molecule has 0 N–H and O–H groups in total. The van der Waals surface area contributed by atoms with E-state index in [1.807, 2.05) is 31.2 Å². The first kappa shape index (κ1) is 17.4. The highest BCUT2D eigenvalue weighted by Crippen LogP contribution is 2.32. The van der Waals surface area contributed by atoms with Crippen molar-refractivity contribution >= 4 is 29.2 Å². The number of hydrogen-bond donors (Lipinski definition) is 0. The van der Waals surface area contributed by atoms with Gasteiger partial charge in [0.25, 0.3) is 5.91 Å². The quantitative estimate of drug-likeness (QED) is 0.776. The monoisotopic (exact) mass is 361 g/mol. The van der Waals surface area contributed by atoms with Crippen molar-refractivity contribution < 1.29 is 18.7 Å². The standard InChI is InChI=1S/C19H17ClFNO3/c1-11-9-13-5-3-4-6-17(13)22(11)18(23)12(2)25-19(24)15-10-14(20)7-8-16(15)21/h3-8,10-12H,9H2,1-2H3/t11-,12-/m0/s1. The van der Waals surface area contributed by atoms with Crippen molar-refractivity contribution in [1.82, 2.24) is 0 Å². The molecular weight excluding hydrogens is 345 g/mol. The Bertz CT molecular complexity index is 839. The molecule has 1 aliphatic rings. The van der Waals surface area contributed by atoms with Crippen molar-refractivity contribution in [2.24, 2.45) is 0 Å². The van der Waals surface area contributed by atoms with Crippen LogP contribution in [0.15, 0.2) is 42.5 Å². The molecule has 3 rings (SSSR count). The van der Waals surface area contributed by atoms with E-state index in [2.05, 4.69) is 0 Å². The summed E-state index contributed by atoms with van der Waals surface area (Å²) >= 11 is 5.79. The first-order chi connectivity index (χ1) is 11.9. The van der Waals surface area contributed by atoms with Crippen LogP contribution in [0.5, 0.6) is 0 Å². The van der Waals surface area contributed by atoms with E-state index in [9.17, 15) is 14.0 Å². The van der Waals surface area contributed by atoms with Gasteiger partial charge in [-0.1, -0.05) is 29.8 Å². The van der Waals surface area contributed by atoms with Crippen molar-refractivity contribution in [3.05, 3.63) is 64.4 Å². The number of carbonyl (C=O) groups excluding carboxylic acids is 2. The maximum absolute atomic E-state index is 13.8. The molecule has 0 aliphatic carbocycles. The number of carbonyl (C=O) groups is 2. The number of para-hydroxylation sites is 1. The van der Waals surface area contributed by atoms with E-state index < -0.39 is 17.9 Å². The minimum atomic E-state index is -1.04. The fourth-order valence-electron chi connectivity index (χ4n) is 3.03. The van der Waals surface area contributed by atoms with Gasteiger partial charge in [0.15, 0.2) is 6.10 Å². The molecule has 0 saturated heterocycles. The summed E-state index contributed by atoms with van der Waals surface area (Å²) in [6.45, 7) is 3.42. The smallest absolute Gasteiger partial charge is 0.341 e. The fraction of sp³-hybridized carbons (Fsp3) is 0.263. The van der Waals surface area contributed by atoms with E-state index in [0.717, 1.165) is 23.7 Å². The molecule has 0 fully saturated rings.